The number of nitrogens with one attached hydrogen (secondary N) is 1. The maximum atomic E-state index is 5.97. The van der Waals surface area contributed by atoms with E-state index in [4.69, 9.17) is 16.7 Å². The van der Waals surface area contributed by atoms with Crippen LogP contribution in [0.15, 0.2) is 71.8 Å². The number of quaternary nitrogens is 1. The summed E-state index contributed by atoms with van der Waals surface area (Å²) in [6.45, 7) is 7.35. The third-order valence-corrected chi connectivity index (χ3v) is 5.57. The van der Waals surface area contributed by atoms with E-state index in [-0.39, 0.29) is 0 Å². The van der Waals surface area contributed by atoms with Crippen LogP contribution in [0.2, 0.25) is 5.02 Å². The van der Waals surface area contributed by atoms with Crippen LogP contribution in [-0.4, -0.2) is 36.9 Å². The highest BCUT2D eigenvalue weighted by molar-refractivity contribution is 6.30. The van der Waals surface area contributed by atoms with E-state index in [0.717, 1.165) is 49.0 Å². The molecule has 1 fully saturated rings. The van der Waals surface area contributed by atoms with Crippen molar-refractivity contribution < 1.29 is 4.90 Å². The molecule has 3 aromatic carbocycles. The summed E-state index contributed by atoms with van der Waals surface area (Å²) in [4.78, 5) is 1.63. The molecular weight excluding hydrogens is 354 g/mol. The van der Waals surface area contributed by atoms with Crippen molar-refractivity contribution in [3.8, 4) is 0 Å². The first-order valence-electron chi connectivity index (χ1n) is 9.55. The molecule has 0 unspecified atom stereocenters. The molecule has 0 saturated carbocycles. The zero-order valence-electron chi connectivity index (χ0n) is 15.7. The second-order valence-corrected chi connectivity index (χ2v) is 7.65. The fourth-order valence-corrected chi connectivity index (χ4v) is 3.89. The molecule has 1 N–H and O–H groups in total. The smallest absolute Gasteiger partial charge is 0.104 e. The Balaban J connectivity index is 1.39. The lowest BCUT2D eigenvalue weighted by atomic mass is 10.0. The Morgan fingerprint density at radius 3 is 2.44 bits per heavy atom. The molecule has 0 aromatic heterocycles. The lowest BCUT2D eigenvalue weighted by molar-refractivity contribution is -0.918. The minimum Gasteiger partial charge on any atom is -0.328 e. The summed E-state index contributed by atoms with van der Waals surface area (Å²) >= 11 is 5.97. The van der Waals surface area contributed by atoms with E-state index in [1.54, 1.807) is 4.90 Å². The first kappa shape index (κ1) is 18.0. The molecule has 1 saturated heterocycles. The van der Waals surface area contributed by atoms with Crippen LogP contribution in [0.25, 0.3) is 10.8 Å². The first-order valence-corrected chi connectivity index (χ1v) is 9.93. The van der Waals surface area contributed by atoms with E-state index in [2.05, 4.69) is 54.4 Å². The number of nitrogens with zero attached hydrogens (tertiary/aromatic N) is 2. The number of piperazine rings is 1. The van der Waals surface area contributed by atoms with Crippen LogP contribution in [0, 0.1) is 0 Å². The molecule has 4 rings (SSSR count). The third-order valence-electron chi connectivity index (χ3n) is 5.32. The van der Waals surface area contributed by atoms with Crippen molar-refractivity contribution in [1.82, 2.24) is 5.01 Å². The number of hydrazone groups is 1. The molecule has 3 nitrogen and oxygen atoms in total. The monoisotopic (exact) mass is 378 g/mol. The van der Waals surface area contributed by atoms with E-state index in [1.165, 1.54) is 16.3 Å². The van der Waals surface area contributed by atoms with Gasteiger partial charge in [-0.3, -0.25) is 5.01 Å². The Bertz CT molecular complexity index is 936. The molecule has 1 aliphatic rings. The van der Waals surface area contributed by atoms with Gasteiger partial charge in [-0.1, -0.05) is 66.2 Å². The van der Waals surface area contributed by atoms with E-state index >= 15 is 0 Å². The van der Waals surface area contributed by atoms with Gasteiger partial charge in [0.2, 0.25) is 0 Å². The number of benzene rings is 3. The second kappa shape index (κ2) is 8.12. The molecule has 1 aliphatic heterocycles. The van der Waals surface area contributed by atoms with Crippen molar-refractivity contribution >= 4 is 28.1 Å². The predicted octanol–water partition coefficient (Wildman–Crippen LogP) is 3.62. The number of hydrogen-bond donors (Lipinski definition) is 1. The number of rotatable bonds is 4. The molecule has 0 bridgehead atoms. The summed E-state index contributed by atoms with van der Waals surface area (Å²) < 4.78 is 0. The number of fused-ring (bicyclic) bond motifs is 1. The van der Waals surface area contributed by atoms with E-state index in [1.807, 2.05) is 24.3 Å². The SMILES string of the molecule is C/C(=N/N1CC[NH+](Cc2cccc3ccccc23)CC1)c1ccc(Cl)cc1. The van der Waals surface area contributed by atoms with Crippen molar-refractivity contribution in [2.75, 3.05) is 26.2 Å². The van der Waals surface area contributed by atoms with Crippen LogP contribution < -0.4 is 4.90 Å². The van der Waals surface area contributed by atoms with Gasteiger partial charge in [0, 0.05) is 10.6 Å². The summed E-state index contributed by atoms with van der Waals surface area (Å²) in [6, 6.07) is 23.2. The predicted molar refractivity (Wildman–Crippen MR) is 114 cm³/mol. The summed E-state index contributed by atoms with van der Waals surface area (Å²) in [5.41, 5.74) is 3.62. The average Bonchev–Trinajstić information content (AvgIpc) is 2.70. The van der Waals surface area contributed by atoms with Crippen LogP contribution >= 0.6 is 11.6 Å². The highest BCUT2D eigenvalue weighted by Gasteiger charge is 2.20. The topological polar surface area (TPSA) is 20.0 Å². The van der Waals surface area contributed by atoms with Crippen molar-refractivity contribution in [2.24, 2.45) is 5.10 Å². The molecule has 0 aliphatic carbocycles. The maximum Gasteiger partial charge on any atom is 0.104 e. The van der Waals surface area contributed by atoms with E-state index < -0.39 is 0 Å². The number of halogens is 1. The molecule has 1 heterocycles. The van der Waals surface area contributed by atoms with Gasteiger partial charge in [0.15, 0.2) is 0 Å². The molecule has 3 aromatic rings. The number of hydrogen-bond acceptors (Lipinski definition) is 2. The molecule has 0 atom stereocenters. The van der Waals surface area contributed by atoms with Gasteiger partial charge in [0.1, 0.15) is 6.54 Å². The van der Waals surface area contributed by atoms with Crippen molar-refractivity contribution in [3.63, 3.8) is 0 Å². The van der Waals surface area contributed by atoms with E-state index in [9.17, 15) is 0 Å². The van der Waals surface area contributed by atoms with Crippen LogP contribution in [0.1, 0.15) is 18.1 Å². The molecule has 0 spiro atoms. The van der Waals surface area contributed by atoms with Gasteiger partial charge < -0.3 is 4.90 Å². The van der Waals surface area contributed by atoms with Crippen LogP contribution in [-0.2, 0) is 6.54 Å². The first-order chi connectivity index (χ1) is 13.2. The highest BCUT2D eigenvalue weighted by Crippen LogP contribution is 2.17. The largest absolute Gasteiger partial charge is 0.328 e. The Morgan fingerprint density at radius 1 is 0.963 bits per heavy atom. The standard InChI is InChI=1S/C23H24ClN3/c1-18(19-9-11-22(24)12-10-19)25-27-15-13-26(14-16-27)17-21-7-4-6-20-5-2-3-8-23(20)21/h2-12H,13-17H2,1H3/p+1/b25-18-. The highest BCUT2D eigenvalue weighted by atomic mass is 35.5. The summed E-state index contributed by atoms with van der Waals surface area (Å²) in [6.07, 6.45) is 0. The molecule has 0 amide bonds. The lowest BCUT2D eigenvalue weighted by Gasteiger charge is -2.31. The third kappa shape index (κ3) is 4.32. The second-order valence-electron chi connectivity index (χ2n) is 7.21. The normalized spacial score (nSPS) is 16.1. The molecule has 4 heteroatoms. The van der Waals surface area contributed by atoms with Gasteiger partial charge in [-0.2, -0.15) is 5.10 Å². The van der Waals surface area contributed by atoms with Crippen LogP contribution in [0.3, 0.4) is 0 Å². The zero-order chi connectivity index (χ0) is 18.6. The fourth-order valence-electron chi connectivity index (χ4n) is 3.76. The maximum absolute atomic E-state index is 5.97. The molecule has 27 heavy (non-hydrogen) atoms. The van der Waals surface area contributed by atoms with Gasteiger partial charge in [-0.15, -0.1) is 0 Å². The van der Waals surface area contributed by atoms with Gasteiger partial charge in [0.05, 0.1) is 31.9 Å². The van der Waals surface area contributed by atoms with Crippen molar-refractivity contribution in [3.05, 3.63) is 82.9 Å². The summed E-state index contributed by atoms with van der Waals surface area (Å²) in [5.74, 6) is 0. The van der Waals surface area contributed by atoms with E-state index in [0.29, 0.717) is 0 Å². The van der Waals surface area contributed by atoms with Gasteiger partial charge in [-0.25, -0.2) is 0 Å². The van der Waals surface area contributed by atoms with Gasteiger partial charge >= 0.3 is 0 Å². The van der Waals surface area contributed by atoms with Gasteiger partial charge in [0.25, 0.3) is 0 Å². The Kier molecular flexibility index (Phi) is 5.42. The Morgan fingerprint density at radius 2 is 1.67 bits per heavy atom. The van der Waals surface area contributed by atoms with Gasteiger partial charge in [-0.05, 0) is 35.4 Å². The fraction of sp³-hybridized carbons (Fsp3) is 0.261. The summed E-state index contributed by atoms with van der Waals surface area (Å²) in [7, 11) is 0. The minimum absolute atomic E-state index is 0.761. The van der Waals surface area contributed by atoms with Crippen molar-refractivity contribution in [2.45, 2.75) is 13.5 Å². The Labute approximate surface area is 165 Å². The molecular formula is C23H25ClN3+. The average molecular weight is 379 g/mol. The minimum atomic E-state index is 0.761. The van der Waals surface area contributed by atoms with Crippen LogP contribution in [0.4, 0.5) is 0 Å². The lowest BCUT2D eigenvalue weighted by Crippen LogP contribution is -3.13. The van der Waals surface area contributed by atoms with Crippen LogP contribution in [0.5, 0.6) is 0 Å². The van der Waals surface area contributed by atoms with Crippen molar-refractivity contribution in [1.29, 1.82) is 0 Å². The zero-order valence-corrected chi connectivity index (χ0v) is 16.4. The molecule has 138 valence electrons. The summed E-state index contributed by atoms with van der Waals surface area (Å²) in [5, 5.41) is 10.5. The Hall–Kier alpha value is -2.36. The molecule has 0 radical (unpaired) electrons. The quantitative estimate of drug-likeness (QED) is 0.687.